The summed E-state index contributed by atoms with van der Waals surface area (Å²) >= 11 is 9.20. The Bertz CT molecular complexity index is 811. The Morgan fingerprint density at radius 3 is 2.43 bits per heavy atom. The Hall–Kier alpha value is -1.41. The van der Waals surface area contributed by atoms with E-state index < -0.39 is 22.0 Å². The van der Waals surface area contributed by atoms with Crippen molar-refractivity contribution < 1.29 is 17.9 Å². The van der Waals surface area contributed by atoms with Crippen LogP contribution < -0.4 is 4.72 Å². The van der Waals surface area contributed by atoms with Crippen LogP contribution in [0.25, 0.3) is 0 Å². The summed E-state index contributed by atoms with van der Waals surface area (Å²) in [5.74, 6) is -0.715. The zero-order valence-corrected chi connectivity index (χ0v) is 15.2. The molecule has 0 saturated heterocycles. The average Bonchev–Trinajstić information content (AvgIpc) is 2.52. The van der Waals surface area contributed by atoms with Crippen molar-refractivity contribution in [2.24, 2.45) is 0 Å². The Labute approximate surface area is 147 Å². The van der Waals surface area contributed by atoms with Crippen LogP contribution in [0.1, 0.15) is 11.6 Å². The lowest BCUT2D eigenvalue weighted by atomic mass is 10.1. The van der Waals surface area contributed by atoms with Gasteiger partial charge in [-0.05, 0) is 23.8 Å². The van der Waals surface area contributed by atoms with Crippen LogP contribution in [0.4, 0.5) is 0 Å². The van der Waals surface area contributed by atoms with Gasteiger partial charge in [-0.25, -0.2) is 13.2 Å². The highest BCUT2D eigenvalue weighted by molar-refractivity contribution is 9.10. The number of benzene rings is 2. The van der Waals surface area contributed by atoms with E-state index in [4.69, 9.17) is 16.3 Å². The van der Waals surface area contributed by atoms with E-state index in [-0.39, 0.29) is 9.92 Å². The first kappa shape index (κ1) is 17.9. The van der Waals surface area contributed by atoms with E-state index in [0.717, 1.165) is 0 Å². The molecule has 23 heavy (non-hydrogen) atoms. The Kier molecular flexibility index (Phi) is 5.80. The molecule has 2 aromatic carbocycles. The molecule has 0 heterocycles. The number of hydrogen-bond acceptors (Lipinski definition) is 4. The highest BCUT2D eigenvalue weighted by Crippen LogP contribution is 2.27. The number of halogens is 2. The van der Waals surface area contributed by atoms with E-state index in [1.807, 2.05) is 0 Å². The molecule has 1 unspecified atom stereocenters. The topological polar surface area (TPSA) is 72.5 Å². The first-order chi connectivity index (χ1) is 10.8. The van der Waals surface area contributed by atoms with E-state index in [1.54, 1.807) is 36.4 Å². The van der Waals surface area contributed by atoms with Gasteiger partial charge in [0.1, 0.15) is 10.9 Å². The summed E-state index contributed by atoms with van der Waals surface area (Å²) in [5, 5.41) is 0.0450. The monoisotopic (exact) mass is 417 g/mol. The lowest BCUT2D eigenvalue weighted by Gasteiger charge is -2.17. The zero-order chi connectivity index (χ0) is 17.0. The van der Waals surface area contributed by atoms with Gasteiger partial charge in [0.25, 0.3) is 0 Å². The van der Waals surface area contributed by atoms with Gasteiger partial charge in [-0.3, -0.25) is 0 Å². The van der Waals surface area contributed by atoms with E-state index in [1.165, 1.54) is 19.2 Å². The van der Waals surface area contributed by atoms with Crippen LogP contribution in [-0.4, -0.2) is 21.5 Å². The Morgan fingerprint density at radius 2 is 1.87 bits per heavy atom. The highest BCUT2D eigenvalue weighted by atomic mass is 79.9. The fourth-order valence-corrected chi connectivity index (χ4v) is 4.14. The zero-order valence-electron chi connectivity index (χ0n) is 12.0. The molecule has 2 aromatic rings. The molecule has 1 atom stereocenters. The van der Waals surface area contributed by atoms with Crippen molar-refractivity contribution in [1.29, 1.82) is 0 Å². The number of nitrogens with one attached hydrogen (secondary N) is 1. The first-order valence-electron chi connectivity index (χ1n) is 6.45. The van der Waals surface area contributed by atoms with E-state index in [9.17, 15) is 13.2 Å². The molecular weight excluding hydrogens is 406 g/mol. The third-order valence-electron chi connectivity index (χ3n) is 3.03. The van der Waals surface area contributed by atoms with Gasteiger partial charge in [0.15, 0.2) is 0 Å². The van der Waals surface area contributed by atoms with Gasteiger partial charge in [0.2, 0.25) is 10.0 Å². The molecule has 0 aromatic heterocycles. The lowest BCUT2D eigenvalue weighted by molar-refractivity contribution is -0.142. The third kappa shape index (κ3) is 4.32. The van der Waals surface area contributed by atoms with Crippen molar-refractivity contribution in [3.63, 3.8) is 0 Å². The van der Waals surface area contributed by atoms with Gasteiger partial charge in [0.05, 0.1) is 12.1 Å². The van der Waals surface area contributed by atoms with Crippen molar-refractivity contribution in [2.75, 3.05) is 7.11 Å². The summed E-state index contributed by atoms with van der Waals surface area (Å²) in [6.45, 7) is 0. The normalized spacial score (nSPS) is 12.7. The SMILES string of the molecule is COC(=O)C(NS(=O)(=O)c1ccc(Br)cc1Cl)c1ccccc1. The number of esters is 1. The predicted octanol–water partition coefficient (Wildman–Crippen LogP) is 3.30. The van der Waals surface area contributed by atoms with Gasteiger partial charge >= 0.3 is 5.97 Å². The van der Waals surface area contributed by atoms with Gasteiger partial charge in [0, 0.05) is 4.47 Å². The molecule has 0 fully saturated rings. The number of ether oxygens (including phenoxy) is 1. The molecule has 0 radical (unpaired) electrons. The van der Waals surface area contributed by atoms with Crippen LogP contribution in [-0.2, 0) is 19.6 Å². The average molecular weight is 419 g/mol. The second kappa shape index (κ2) is 7.44. The van der Waals surface area contributed by atoms with Crippen LogP contribution >= 0.6 is 27.5 Å². The van der Waals surface area contributed by atoms with Crippen LogP contribution in [0.3, 0.4) is 0 Å². The quantitative estimate of drug-likeness (QED) is 0.756. The maximum atomic E-state index is 12.5. The number of carbonyl (C=O) groups is 1. The first-order valence-corrected chi connectivity index (χ1v) is 9.10. The number of methoxy groups -OCH3 is 1. The fourth-order valence-electron chi connectivity index (χ4n) is 1.93. The van der Waals surface area contributed by atoms with Gasteiger partial charge in [-0.1, -0.05) is 57.9 Å². The minimum Gasteiger partial charge on any atom is -0.468 e. The fraction of sp³-hybridized carbons (Fsp3) is 0.133. The lowest BCUT2D eigenvalue weighted by Crippen LogP contribution is -2.34. The van der Waals surface area contributed by atoms with Crippen LogP contribution in [0.5, 0.6) is 0 Å². The van der Waals surface area contributed by atoms with E-state index in [2.05, 4.69) is 20.7 Å². The second-order valence-corrected chi connectivity index (χ2v) is 7.57. The van der Waals surface area contributed by atoms with Crippen molar-refractivity contribution >= 4 is 43.5 Å². The Balaban J connectivity index is 2.40. The smallest absolute Gasteiger partial charge is 0.328 e. The minimum absolute atomic E-state index is 0.0450. The molecule has 0 aliphatic heterocycles. The molecule has 2 rings (SSSR count). The second-order valence-electron chi connectivity index (χ2n) is 4.56. The minimum atomic E-state index is -4.01. The number of rotatable bonds is 5. The maximum Gasteiger partial charge on any atom is 0.328 e. The number of carbonyl (C=O) groups excluding carboxylic acids is 1. The van der Waals surface area contributed by atoms with Gasteiger partial charge in [-0.15, -0.1) is 0 Å². The molecule has 0 saturated carbocycles. The van der Waals surface area contributed by atoms with Crippen LogP contribution in [0, 0.1) is 0 Å². The number of hydrogen-bond donors (Lipinski definition) is 1. The van der Waals surface area contributed by atoms with E-state index in [0.29, 0.717) is 10.0 Å². The summed E-state index contributed by atoms with van der Waals surface area (Å²) in [6, 6.07) is 11.6. The molecule has 0 aliphatic rings. The van der Waals surface area contributed by atoms with Gasteiger partial charge in [-0.2, -0.15) is 4.72 Å². The predicted molar refractivity (Wildman–Crippen MR) is 90.7 cm³/mol. The summed E-state index contributed by atoms with van der Waals surface area (Å²) in [4.78, 5) is 11.9. The Morgan fingerprint density at radius 1 is 1.22 bits per heavy atom. The highest BCUT2D eigenvalue weighted by Gasteiger charge is 2.29. The number of sulfonamides is 1. The molecule has 0 spiro atoms. The molecule has 122 valence electrons. The van der Waals surface area contributed by atoms with Crippen molar-refractivity contribution in [2.45, 2.75) is 10.9 Å². The third-order valence-corrected chi connectivity index (χ3v) is 5.43. The van der Waals surface area contributed by atoms with Crippen LogP contribution in [0.2, 0.25) is 5.02 Å². The van der Waals surface area contributed by atoms with Crippen LogP contribution in [0.15, 0.2) is 57.9 Å². The van der Waals surface area contributed by atoms with Gasteiger partial charge < -0.3 is 4.74 Å². The largest absolute Gasteiger partial charge is 0.468 e. The maximum absolute atomic E-state index is 12.5. The summed E-state index contributed by atoms with van der Waals surface area (Å²) in [6.07, 6.45) is 0. The standard InChI is InChI=1S/C15H13BrClNO4S/c1-22-15(19)14(10-5-3-2-4-6-10)18-23(20,21)13-8-7-11(16)9-12(13)17/h2-9,14,18H,1H3. The van der Waals surface area contributed by atoms with Crippen molar-refractivity contribution in [3.8, 4) is 0 Å². The molecule has 0 bridgehead atoms. The van der Waals surface area contributed by atoms with E-state index >= 15 is 0 Å². The summed E-state index contributed by atoms with van der Waals surface area (Å²) < 4.78 is 32.8. The molecule has 0 aliphatic carbocycles. The molecule has 8 heteroatoms. The molecule has 0 amide bonds. The van der Waals surface area contributed by atoms with Crippen molar-refractivity contribution in [1.82, 2.24) is 4.72 Å². The molecule has 1 N–H and O–H groups in total. The van der Waals surface area contributed by atoms with Crippen molar-refractivity contribution in [3.05, 3.63) is 63.6 Å². The summed E-state index contributed by atoms with van der Waals surface area (Å²) in [7, 11) is -2.82. The molecular formula is C15H13BrClNO4S. The molecule has 5 nitrogen and oxygen atoms in total. The summed E-state index contributed by atoms with van der Waals surface area (Å²) in [5.41, 5.74) is 0.469.